The molecule has 3 heteroatoms. The summed E-state index contributed by atoms with van der Waals surface area (Å²) in [7, 11) is 0. The predicted molar refractivity (Wildman–Crippen MR) is 286 cm³/mol. The van der Waals surface area contributed by atoms with E-state index in [0.29, 0.717) is 0 Å². The molecule has 318 valence electrons. The van der Waals surface area contributed by atoms with Crippen molar-refractivity contribution < 1.29 is 0 Å². The van der Waals surface area contributed by atoms with Crippen molar-refractivity contribution in [2.24, 2.45) is 0 Å². The number of fused-ring (bicyclic) bond motifs is 7. The number of pyridine rings is 1. The van der Waals surface area contributed by atoms with Crippen LogP contribution in [0.25, 0.3) is 122 Å². The Balaban J connectivity index is 1.02. The third-order valence-electron chi connectivity index (χ3n) is 13.5. The van der Waals surface area contributed by atoms with Gasteiger partial charge in [-0.05, 0) is 105 Å². The maximum absolute atomic E-state index is 5.40. The highest BCUT2D eigenvalue weighted by molar-refractivity contribution is 6.26. The first-order valence-corrected chi connectivity index (χ1v) is 23.3. The van der Waals surface area contributed by atoms with Crippen LogP contribution in [0.4, 0.5) is 0 Å². The minimum Gasteiger partial charge on any atom is -0.309 e. The molecule has 0 spiro atoms. The third kappa shape index (κ3) is 6.80. The van der Waals surface area contributed by atoms with Crippen LogP contribution < -0.4 is 0 Å². The monoisotopic (exact) mass is 865 g/mol. The Morgan fingerprint density at radius 1 is 0.235 bits per heavy atom. The molecule has 10 aromatic carbocycles. The van der Waals surface area contributed by atoms with Gasteiger partial charge in [-0.2, -0.15) is 0 Å². The van der Waals surface area contributed by atoms with E-state index in [4.69, 9.17) is 4.98 Å². The van der Waals surface area contributed by atoms with Crippen LogP contribution in [-0.2, 0) is 0 Å². The van der Waals surface area contributed by atoms with Gasteiger partial charge in [0, 0.05) is 44.0 Å². The second-order valence-electron chi connectivity index (χ2n) is 17.5. The second kappa shape index (κ2) is 16.4. The first-order chi connectivity index (χ1) is 33.7. The maximum Gasteiger partial charge on any atom is 0.0716 e. The van der Waals surface area contributed by atoms with Crippen molar-refractivity contribution in [1.29, 1.82) is 0 Å². The zero-order chi connectivity index (χ0) is 45.0. The molecule has 3 aromatic heterocycles. The Labute approximate surface area is 395 Å². The minimum absolute atomic E-state index is 0.922. The van der Waals surface area contributed by atoms with Crippen LogP contribution in [0.2, 0.25) is 0 Å². The van der Waals surface area contributed by atoms with Crippen molar-refractivity contribution in [3.05, 3.63) is 261 Å². The lowest BCUT2D eigenvalue weighted by atomic mass is 9.98. The van der Waals surface area contributed by atoms with Crippen LogP contribution in [0.5, 0.6) is 0 Å². The Bertz CT molecular complexity index is 3920. The van der Waals surface area contributed by atoms with E-state index in [-0.39, 0.29) is 0 Å². The standard InChI is InChI=1S/C65H43N3/c1-5-18-44(19-6-1)48-32-34-49(35-33-48)59-42-53(47-24-11-4-12-25-47)43-60(66-59)50-26-17-27-54(39-50)67-62-31-16-14-29-58(62)64-63(67)37-36-57-56-28-13-15-30-61(56)68(65(57)64)55-40-51(45-20-7-2-8-21-45)38-52(41-55)46-22-9-3-10-23-46/h1-43H. The zero-order valence-corrected chi connectivity index (χ0v) is 37.2. The number of hydrogen-bond donors (Lipinski definition) is 0. The molecule has 0 aliphatic carbocycles. The lowest BCUT2D eigenvalue weighted by Gasteiger charge is -2.15. The lowest BCUT2D eigenvalue weighted by Crippen LogP contribution is -1.97. The number of rotatable bonds is 8. The number of benzene rings is 10. The van der Waals surface area contributed by atoms with Gasteiger partial charge < -0.3 is 9.13 Å². The highest BCUT2D eigenvalue weighted by atomic mass is 15.0. The molecule has 0 N–H and O–H groups in total. The molecule has 0 amide bonds. The Kier molecular flexibility index (Phi) is 9.50. The van der Waals surface area contributed by atoms with Crippen molar-refractivity contribution >= 4 is 43.6 Å². The summed E-state index contributed by atoms with van der Waals surface area (Å²) < 4.78 is 4.95. The molecule has 0 saturated carbocycles. The molecule has 0 unspecified atom stereocenters. The summed E-state index contributed by atoms with van der Waals surface area (Å²) >= 11 is 0. The van der Waals surface area contributed by atoms with Gasteiger partial charge in [-0.1, -0.05) is 200 Å². The number of aromatic nitrogens is 3. The van der Waals surface area contributed by atoms with E-state index in [1.54, 1.807) is 0 Å². The highest BCUT2D eigenvalue weighted by Crippen LogP contribution is 2.44. The highest BCUT2D eigenvalue weighted by Gasteiger charge is 2.22. The molecule has 13 rings (SSSR count). The maximum atomic E-state index is 5.40. The summed E-state index contributed by atoms with van der Waals surface area (Å²) in [6.45, 7) is 0. The molecular weight excluding hydrogens is 823 g/mol. The first-order valence-electron chi connectivity index (χ1n) is 23.3. The molecule has 3 heterocycles. The van der Waals surface area contributed by atoms with Gasteiger partial charge in [0.05, 0.1) is 33.5 Å². The molecule has 0 radical (unpaired) electrons. The van der Waals surface area contributed by atoms with E-state index in [2.05, 4.69) is 270 Å². The fourth-order valence-corrected chi connectivity index (χ4v) is 10.3. The van der Waals surface area contributed by atoms with Crippen LogP contribution >= 0.6 is 0 Å². The minimum atomic E-state index is 0.922. The molecule has 68 heavy (non-hydrogen) atoms. The van der Waals surface area contributed by atoms with Crippen LogP contribution in [0.1, 0.15) is 0 Å². The van der Waals surface area contributed by atoms with Crippen molar-refractivity contribution in [3.8, 4) is 78.4 Å². The Morgan fingerprint density at radius 2 is 0.676 bits per heavy atom. The van der Waals surface area contributed by atoms with E-state index in [1.807, 2.05) is 0 Å². The van der Waals surface area contributed by atoms with Crippen molar-refractivity contribution in [2.75, 3.05) is 0 Å². The molecule has 0 bridgehead atoms. The smallest absolute Gasteiger partial charge is 0.0716 e. The first kappa shape index (κ1) is 39.3. The quantitative estimate of drug-likeness (QED) is 0.149. The zero-order valence-electron chi connectivity index (χ0n) is 37.2. The average molecular weight is 866 g/mol. The lowest BCUT2D eigenvalue weighted by molar-refractivity contribution is 1.17. The van der Waals surface area contributed by atoms with E-state index in [9.17, 15) is 0 Å². The van der Waals surface area contributed by atoms with Crippen LogP contribution in [0, 0.1) is 0 Å². The van der Waals surface area contributed by atoms with Crippen LogP contribution in [-0.4, -0.2) is 14.1 Å². The van der Waals surface area contributed by atoms with E-state index < -0.39 is 0 Å². The summed E-state index contributed by atoms with van der Waals surface area (Å²) in [5.74, 6) is 0. The summed E-state index contributed by atoms with van der Waals surface area (Å²) in [6.07, 6.45) is 0. The van der Waals surface area contributed by atoms with Gasteiger partial charge in [-0.3, -0.25) is 0 Å². The van der Waals surface area contributed by atoms with Crippen molar-refractivity contribution in [2.45, 2.75) is 0 Å². The average Bonchev–Trinajstić information content (AvgIpc) is 3.95. The SMILES string of the molecule is c1ccc(-c2ccc(-c3cc(-c4ccccc4)cc(-c4cccc(-n5c6ccccc6c6c5ccc5c7ccccc7n(-c7cc(-c8ccccc8)cc(-c8ccccc8)c7)c56)c4)n3)cc2)cc1. The van der Waals surface area contributed by atoms with E-state index in [0.717, 1.165) is 56.0 Å². The van der Waals surface area contributed by atoms with E-state index >= 15 is 0 Å². The molecular formula is C65H43N3. The summed E-state index contributed by atoms with van der Waals surface area (Å²) in [5.41, 5.74) is 20.2. The number of nitrogens with zero attached hydrogens (tertiary/aromatic N) is 3. The summed E-state index contributed by atoms with van der Waals surface area (Å²) in [6, 6.07) is 94.2. The Morgan fingerprint density at radius 3 is 1.28 bits per heavy atom. The molecule has 0 fully saturated rings. The molecule has 0 aliphatic heterocycles. The largest absolute Gasteiger partial charge is 0.309 e. The van der Waals surface area contributed by atoms with Gasteiger partial charge in [0.15, 0.2) is 0 Å². The normalized spacial score (nSPS) is 11.5. The van der Waals surface area contributed by atoms with Crippen LogP contribution in [0.15, 0.2) is 261 Å². The predicted octanol–water partition coefficient (Wildman–Crippen LogP) is 17.3. The number of hydrogen-bond acceptors (Lipinski definition) is 1. The number of para-hydroxylation sites is 2. The van der Waals surface area contributed by atoms with Gasteiger partial charge in [0.2, 0.25) is 0 Å². The second-order valence-corrected chi connectivity index (χ2v) is 17.5. The molecule has 0 aliphatic rings. The van der Waals surface area contributed by atoms with Gasteiger partial charge in [0.1, 0.15) is 0 Å². The Hall–Kier alpha value is -9.05. The van der Waals surface area contributed by atoms with Crippen LogP contribution in [0.3, 0.4) is 0 Å². The van der Waals surface area contributed by atoms with Crippen molar-refractivity contribution in [1.82, 2.24) is 14.1 Å². The van der Waals surface area contributed by atoms with E-state index in [1.165, 1.54) is 66.0 Å². The van der Waals surface area contributed by atoms with Gasteiger partial charge in [-0.15, -0.1) is 0 Å². The fraction of sp³-hybridized carbons (Fsp3) is 0. The molecule has 3 nitrogen and oxygen atoms in total. The molecule has 0 saturated heterocycles. The van der Waals surface area contributed by atoms with Crippen molar-refractivity contribution in [3.63, 3.8) is 0 Å². The van der Waals surface area contributed by atoms with Gasteiger partial charge in [0.25, 0.3) is 0 Å². The fourth-order valence-electron chi connectivity index (χ4n) is 10.3. The summed E-state index contributed by atoms with van der Waals surface area (Å²) in [5, 5.41) is 4.87. The molecule has 13 aromatic rings. The van der Waals surface area contributed by atoms with Gasteiger partial charge in [-0.25, -0.2) is 4.98 Å². The third-order valence-corrected chi connectivity index (χ3v) is 13.5. The summed E-state index contributed by atoms with van der Waals surface area (Å²) in [4.78, 5) is 5.40. The molecule has 0 atom stereocenters. The topological polar surface area (TPSA) is 22.8 Å². The van der Waals surface area contributed by atoms with Gasteiger partial charge >= 0.3 is 0 Å².